The highest BCUT2D eigenvalue weighted by atomic mass is 16.2. The fourth-order valence-electron chi connectivity index (χ4n) is 3.93. The van der Waals surface area contributed by atoms with Crippen LogP contribution in [0.1, 0.15) is 28.4 Å². The normalized spacial score (nSPS) is 15.8. The SMILES string of the molecule is Cc1cc(C)cc(N2C(=O)C[n+]3ccccc3C2C(=O)Nc2ccccc2C)c1. The van der Waals surface area contributed by atoms with E-state index < -0.39 is 6.04 Å². The molecule has 1 aliphatic rings. The molecule has 0 saturated heterocycles. The number of fused-ring (bicyclic) bond motifs is 1. The number of aryl methyl sites for hydroxylation is 3. The molecule has 0 aliphatic carbocycles. The van der Waals surface area contributed by atoms with E-state index in [9.17, 15) is 9.59 Å². The zero-order valence-electron chi connectivity index (χ0n) is 16.8. The molecule has 0 fully saturated rings. The van der Waals surface area contributed by atoms with Crippen LogP contribution in [0.3, 0.4) is 0 Å². The Labute approximate surface area is 170 Å². The standard InChI is InChI=1S/C24H23N3O2/c1-16-12-17(2)14-19(13-16)27-22(28)15-26-11-7-6-10-21(26)23(27)24(29)25-20-9-5-4-8-18(20)3/h4-14,23H,15H2,1-3H3/p+1. The zero-order valence-corrected chi connectivity index (χ0v) is 16.8. The number of benzene rings is 2. The molecule has 5 nitrogen and oxygen atoms in total. The third-order valence-electron chi connectivity index (χ3n) is 5.22. The van der Waals surface area contributed by atoms with Crippen LogP contribution in [0, 0.1) is 20.8 Å². The van der Waals surface area contributed by atoms with Crippen molar-refractivity contribution in [2.45, 2.75) is 33.4 Å². The Bertz CT molecular complexity index is 1090. The van der Waals surface area contributed by atoms with Gasteiger partial charge in [0.2, 0.25) is 18.3 Å². The van der Waals surface area contributed by atoms with E-state index in [2.05, 4.69) is 11.4 Å². The predicted molar refractivity (Wildman–Crippen MR) is 113 cm³/mol. The van der Waals surface area contributed by atoms with Gasteiger partial charge in [0.1, 0.15) is 0 Å². The van der Waals surface area contributed by atoms with Crippen molar-refractivity contribution in [1.29, 1.82) is 0 Å². The average Bonchev–Trinajstić information content (AvgIpc) is 2.67. The fraction of sp³-hybridized carbons (Fsp3) is 0.208. The molecule has 1 aromatic heterocycles. The first-order valence-electron chi connectivity index (χ1n) is 9.69. The summed E-state index contributed by atoms with van der Waals surface area (Å²) in [5.41, 5.74) is 5.36. The summed E-state index contributed by atoms with van der Waals surface area (Å²) in [5, 5.41) is 3.02. The van der Waals surface area contributed by atoms with E-state index in [0.717, 1.165) is 33.8 Å². The highest BCUT2D eigenvalue weighted by molar-refractivity contribution is 6.05. The first-order chi connectivity index (χ1) is 13.9. The van der Waals surface area contributed by atoms with Crippen molar-refractivity contribution < 1.29 is 14.2 Å². The van der Waals surface area contributed by atoms with E-state index in [1.807, 2.05) is 86.1 Å². The molecule has 2 aromatic carbocycles. The fourth-order valence-corrected chi connectivity index (χ4v) is 3.93. The van der Waals surface area contributed by atoms with Crippen LogP contribution in [0.15, 0.2) is 66.9 Å². The Morgan fingerprint density at radius 1 is 1.00 bits per heavy atom. The van der Waals surface area contributed by atoms with Crippen LogP contribution in [-0.4, -0.2) is 11.8 Å². The molecule has 0 spiro atoms. The van der Waals surface area contributed by atoms with Gasteiger partial charge in [0.15, 0.2) is 6.20 Å². The first kappa shape index (κ1) is 18.9. The zero-order chi connectivity index (χ0) is 20.5. The maximum Gasteiger partial charge on any atom is 0.294 e. The molecule has 1 unspecified atom stereocenters. The van der Waals surface area contributed by atoms with Gasteiger partial charge >= 0.3 is 0 Å². The van der Waals surface area contributed by atoms with Gasteiger partial charge in [-0.3, -0.25) is 14.5 Å². The summed E-state index contributed by atoms with van der Waals surface area (Å²) in [5.74, 6) is -0.338. The van der Waals surface area contributed by atoms with Crippen LogP contribution in [0.2, 0.25) is 0 Å². The van der Waals surface area contributed by atoms with Crippen molar-refractivity contribution in [2.24, 2.45) is 0 Å². The van der Waals surface area contributed by atoms with E-state index >= 15 is 0 Å². The van der Waals surface area contributed by atoms with E-state index in [0.29, 0.717) is 0 Å². The van der Waals surface area contributed by atoms with Crippen molar-refractivity contribution in [3.05, 3.63) is 89.2 Å². The maximum atomic E-state index is 13.5. The van der Waals surface area contributed by atoms with Crippen molar-refractivity contribution in [1.82, 2.24) is 0 Å². The number of nitrogens with zero attached hydrogens (tertiary/aromatic N) is 2. The molecule has 0 radical (unpaired) electrons. The number of carbonyl (C=O) groups excluding carboxylic acids is 2. The molecule has 1 N–H and O–H groups in total. The highest BCUT2D eigenvalue weighted by Crippen LogP contribution is 2.31. The van der Waals surface area contributed by atoms with Gasteiger partial charge in [0.25, 0.3) is 11.8 Å². The Morgan fingerprint density at radius 3 is 2.41 bits per heavy atom. The summed E-state index contributed by atoms with van der Waals surface area (Å²) in [4.78, 5) is 28.2. The van der Waals surface area contributed by atoms with Gasteiger partial charge in [-0.25, -0.2) is 0 Å². The molecule has 1 aliphatic heterocycles. The van der Waals surface area contributed by atoms with Gasteiger partial charge in [-0.05, 0) is 55.7 Å². The first-order valence-corrected chi connectivity index (χ1v) is 9.69. The number of nitrogens with one attached hydrogen (secondary N) is 1. The van der Waals surface area contributed by atoms with E-state index in [4.69, 9.17) is 0 Å². The minimum absolute atomic E-state index is 0.108. The van der Waals surface area contributed by atoms with Crippen LogP contribution < -0.4 is 14.8 Å². The monoisotopic (exact) mass is 386 g/mol. The van der Waals surface area contributed by atoms with Crippen molar-refractivity contribution in [3.8, 4) is 0 Å². The summed E-state index contributed by atoms with van der Waals surface area (Å²) in [6.07, 6.45) is 1.85. The minimum atomic E-state index is -0.752. The largest absolute Gasteiger partial charge is 0.324 e. The number of amides is 2. The second-order valence-corrected chi connectivity index (χ2v) is 7.57. The number of hydrogen-bond acceptors (Lipinski definition) is 2. The lowest BCUT2D eigenvalue weighted by atomic mass is 10.0. The molecule has 4 rings (SSSR count). The molecule has 2 amide bonds. The molecular weight excluding hydrogens is 362 g/mol. The summed E-state index contributed by atoms with van der Waals surface area (Å²) in [7, 11) is 0. The van der Waals surface area contributed by atoms with Crippen molar-refractivity contribution in [2.75, 3.05) is 10.2 Å². The van der Waals surface area contributed by atoms with E-state index in [-0.39, 0.29) is 18.4 Å². The highest BCUT2D eigenvalue weighted by Gasteiger charge is 2.43. The second-order valence-electron chi connectivity index (χ2n) is 7.57. The summed E-state index contributed by atoms with van der Waals surface area (Å²) in [6.45, 7) is 6.15. The van der Waals surface area contributed by atoms with E-state index in [1.54, 1.807) is 4.90 Å². The molecule has 0 saturated carbocycles. The van der Waals surface area contributed by atoms with Gasteiger partial charge in [0, 0.05) is 23.5 Å². The molecule has 0 bridgehead atoms. The Balaban J connectivity index is 1.81. The third kappa shape index (κ3) is 3.63. The maximum absolute atomic E-state index is 13.5. The lowest BCUT2D eigenvalue weighted by Crippen LogP contribution is -2.58. The van der Waals surface area contributed by atoms with Crippen LogP contribution >= 0.6 is 0 Å². The lowest BCUT2D eigenvalue weighted by molar-refractivity contribution is -0.695. The second kappa shape index (κ2) is 7.51. The van der Waals surface area contributed by atoms with Gasteiger partial charge in [-0.2, -0.15) is 4.57 Å². The number of rotatable bonds is 3. The molecular formula is C24H24N3O2+. The van der Waals surface area contributed by atoms with Crippen LogP contribution in [0.4, 0.5) is 11.4 Å². The Hall–Kier alpha value is -3.47. The average molecular weight is 386 g/mol. The quantitative estimate of drug-likeness (QED) is 0.699. The molecule has 3 aromatic rings. The summed E-state index contributed by atoms with van der Waals surface area (Å²) >= 11 is 0. The summed E-state index contributed by atoms with van der Waals surface area (Å²) in [6, 6.07) is 18.5. The number of anilines is 2. The molecule has 5 heteroatoms. The smallest absolute Gasteiger partial charge is 0.294 e. The Kier molecular flexibility index (Phi) is 4.89. The minimum Gasteiger partial charge on any atom is -0.324 e. The topological polar surface area (TPSA) is 53.3 Å². The number of hydrogen-bond donors (Lipinski definition) is 1. The van der Waals surface area contributed by atoms with Gasteiger partial charge in [-0.1, -0.05) is 30.3 Å². The molecule has 29 heavy (non-hydrogen) atoms. The number of aromatic nitrogens is 1. The predicted octanol–water partition coefficient (Wildman–Crippen LogP) is 3.63. The van der Waals surface area contributed by atoms with Gasteiger partial charge in [-0.15, -0.1) is 0 Å². The lowest BCUT2D eigenvalue weighted by Gasteiger charge is -2.32. The van der Waals surface area contributed by atoms with Crippen LogP contribution in [0.25, 0.3) is 0 Å². The van der Waals surface area contributed by atoms with Gasteiger partial charge < -0.3 is 5.32 Å². The molecule has 146 valence electrons. The summed E-state index contributed by atoms with van der Waals surface area (Å²) < 4.78 is 1.85. The number of para-hydroxylation sites is 1. The number of pyridine rings is 1. The van der Waals surface area contributed by atoms with E-state index in [1.165, 1.54) is 0 Å². The van der Waals surface area contributed by atoms with Crippen LogP contribution in [-0.2, 0) is 16.1 Å². The molecule has 2 heterocycles. The van der Waals surface area contributed by atoms with Crippen LogP contribution in [0.5, 0.6) is 0 Å². The van der Waals surface area contributed by atoms with Gasteiger partial charge in [0.05, 0.1) is 0 Å². The Morgan fingerprint density at radius 2 is 1.69 bits per heavy atom. The van der Waals surface area contributed by atoms with Crippen molar-refractivity contribution in [3.63, 3.8) is 0 Å². The number of carbonyl (C=O) groups is 2. The van der Waals surface area contributed by atoms with Crippen molar-refractivity contribution >= 4 is 23.2 Å². The molecule has 1 atom stereocenters. The third-order valence-corrected chi connectivity index (χ3v) is 5.22.